The third-order valence-electron chi connectivity index (χ3n) is 2.99. The number of sulfonamides is 1. The van der Waals surface area contributed by atoms with Crippen molar-refractivity contribution in [1.29, 1.82) is 0 Å². The van der Waals surface area contributed by atoms with Crippen LogP contribution in [0.5, 0.6) is 0 Å². The molecule has 100 valence electrons. The highest BCUT2D eigenvalue weighted by Gasteiger charge is 2.39. The molecule has 7 heteroatoms. The van der Waals surface area contributed by atoms with E-state index in [1.54, 1.807) is 0 Å². The molecular formula is C11H12BrF2NO2S. The minimum Gasteiger partial charge on any atom is -0.208 e. The van der Waals surface area contributed by atoms with Crippen LogP contribution in [0.4, 0.5) is 8.78 Å². The molecule has 0 aromatic heterocycles. The van der Waals surface area contributed by atoms with E-state index in [0.717, 1.165) is 18.9 Å². The molecule has 3 nitrogen and oxygen atoms in total. The minimum absolute atomic E-state index is 0.110. The van der Waals surface area contributed by atoms with Crippen LogP contribution in [-0.2, 0) is 10.0 Å². The van der Waals surface area contributed by atoms with Crippen LogP contribution in [0.25, 0.3) is 0 Å². The molecule has 0 radical (unpaired) electrons. The standard InChI is InChI=1S/C11H12BrF2NO2S/c1-2-6-3-10(6)15-18(16,17)11-8(12)4-7(13)5-9(11)14/h4-6,10,15H,2-3H2,1H3. The largest absolute Gasteiger partial charge is 0.244 e. The van der Waals surface area contributed by atoms with Gasteiger partial charge in [0.05, 0.1) is 0 Å². The maximum atomic E-state index is 13.6. The molecule has 2 atom stereocenters. The average molecular weight is 340 g/mol. The van der Waals surface area contributed by atoms with Crippen LogP contribution in [0, 0.1) is 17.6 Å². The summed E-state index contributed by atoms with van der Waals surface area (Å²) in [6, 6.07) is 1.35. The molecule has 0 heterocycles. The molecule has 1 aliphatic carbocycles. The van der Waals surface area contributed by atoms with Gasteiger partial charge >= 0.3 is 0 Å². The molecular weight excluding hydrogens is 328 g/mol. The van der Waals surface area contributed by atoms with Gasteiger partial charge in [0.15, 0.2) is 0 Å². The van der Waals surface area contributed by atoms with Crippen molar-refractivity contribution in [3.05, 3.63) is 28.2 Å². The zero-order chi connectivity index (χ0) is 13.5. The number of rotatable bonds is 4. The highest BCUT2D eigenvalue weighted by Crippen LogP contribution is 2.35. The van der Waals surface area contributed by atoms with Crippen LogP contribution in [0.15, 0.2) is 21.5 Å². The Morgan fingerprint density at radius 3 is 2.61 bits per heavy atom. The maximum Gasteiger partial charge on any atom is 0.244 e. The quantitative estimate of drug-likeness (QED) is 0.916. The molecule has 0 amide bonds. The van der Waals surface area contributed by atoms with Gasteiger partial charge in [0.2, 0.25) is 10.0 Å². The fraction of sp³-hybridized carbons (Fsp3) is 0.455. The summed E-state index contributed by atoms with van der Waals surface area (Å²) in [6.45, 7) is 1.97. The van der Waals surface area contributed by atoms with E-state index in [1.165, 1.54) is 0 Å². The van der Waals surface area contributed by atoms with Gasteiger partial charge in [-0.05, 0) is 34.3 Å². The third kappa shape index (κ3) is 2.73. The topological polar surface area (TPSA) is 46.2 Å². The van der Waals surface area contributed by atoms with E-state index in [2.05, 4.69) is 20.7 Å². The number of hydrogen-bond donors (Lipinski definition) is 1. The highest BCUT2D eigenvalue weighted by molar-refractivity contribution is 9.10. The summed E-state index contributed by atoms with van der Waals surface area (Å²) in [7, 11) is -3.96. The van der Waals surface area contributed by atoms with Gasteiger partial charge in [-0.3, -0.25) is 0 Å². The van der Waals surface area contributed by atoms with E-state index in [0.29, 0.717) is 12.0 Å². The lowest BCUT2D eigenvalue weighted by atomic mass is 10.3. The van der Waals surface area contributed by atoms with Crippen molar-refractivity contribution in [3.63, 3.8) is 0 Å². The van der Waals surface area contributed by atoms with Crippen molar-refractivity contribution in [3.8, 4) is 0 Å². The second-order valence-corrected chi connectivity index (χ2v) is 6.84. The molecule has 0 aliphatic heterocycles. The Labute approximate surface area is 113 Å². The fourth-order valence-corrected chi connectivity index (χ4v) is 4.37. The Morgan fingerprint density at radius 1 is 1.44 bits per heavy atom. The fourth-order valence-electron chi connectivity index (χ4n) is 1.89. The normalized spacial score (nSPS) is 23.1. The Balaban J connectivity index is 2.30. The summed E-state index contributed by atoms with van der Waals surface area (Å²) in [6.07, 6.45) is 1.64. The smallest absolute Gasteiger partial charge is 0.208 e. The zero-order valence-electron chi connectivity index (χ0n) is 9.58. The van der Waals surface area contributed by atoms with Crippen LogP contribution in [0.3, 0.4) is 0 Å². The predicted molar refractivity (Wildman–Crippen MR) is 66.6 cm³/mol. The van der Waals surface area contributed by atoms with Gasteiger partial charge in [-0.1, -0.05) is 13.3 Å². The molecule has 2 unspecified atom stereocenters. The van der Waals surface area contributed by atoms with Crippen molar-refractivity contribution in [1.82, 2.24) is 4.72 Å². The van der Waals surface area contributed by atoms with Gasteiger partial charge in [0.25, 0.3) is 0 Å². The van der Waals surface area contributed by atoms with Crippen LogP contribution >= 0.6 is 15.9 Å². The summed E-state index contributed by atoms with van der Waals surface area (Å²) in [5, 5.41) is 0. The summed E-state index contributed by atoms with van der Waals surface area (Å²) < 4.78 is 52.8. The van der Waals surface area contributed by atoms with E-state index in [9.17, 15) is 17.2 Å². The molecule has 1 fully saturated rings. The van der Waals surface area contributed by atoms with Gasteiger partial charge in [0, 0.05) is 16.6 Å². The van der Waals surface area contributed by atoms with Crippen LogP contribution < -0.4 is 4.72 Å². The predicted octanol–water partition coefficient (Wildman–Crippen LogP) is 2.80. The molecule has 1 aromatic rings. The van der Waals surface area contributed by atoms with E-state index in [-0.39, 0.29) is 10.5 Å². The summed E-state index contributed by atoms with van der Waals surface area (Å²) >= 11 is 2.88. The SMILES string of the molecule is CCC1CC1NS(=O)(=O)c1c(F)cc(F)cc1Br. The second-order valence-electron chi connectivity index (χ2n) is 4.33. The number of nitrogens with one attached hydrogen (secondary N) is 1. The van der Waals surface area contributed by atoms with Gasteiger partial charge in [0.1, 0.15) is 16.5 Å². The zero-order valence-corrected chi connectivity index (χ0v) is 12.0. The van der Waals surface area contributed by atoms with Crippen molar-refractivity contribution >= 4 is 26.0 Å². The third-order valence-corrected chi connectivity index (χ3v) is 5.44. The van der Waals surface area contributed by atoms with Crippen molar-refractivity contribution in [2.24, 2.45) is 5.92 Å². The summed E-state index contributed by atoms with van der Waals surface area (Å²) in [5.41, 5.74) is 0. The molecule has 18 heavy (non-hydrogen) atoms. The minimum atomic E-state index is -3.96. The Morgan fingerprint density at radius 2 is 2.11 bits per heavy atom. The first-order chi connectivity index (χ1) is 8.35. The lowest BCUT2D eigenvalue weighted by Gasteiger charge is -2.09. The maximum absolute atomic E-state index is 13.6. The monoisotopic (exact) mass is 339 g/mol. The molecule has 0 spiro atoms. The lowest BCUT2D eigenvalue weighted by Crippen LogP contribution is -2.28. The molecule has 1 aromatic carbocycles. The van der Waals surface area contributed by atoms with Gasteiger partial charge in [-0.2, -0.15) is 0 Å². The first-order valence-corrected chi connectivity index (χ1v) is 7.79. The molecule has 2 rings (SSSR count). The number of halogens is 3. The van der Waals surface area contributed by atoms with Gasteiger partial charge < -0.3 is 0 Å². The van der Waals surface area contributed by atoms with Gasteiger partial charge in [-0.25, -0.2) is 21.9 Å². The summed E-state index contributed by atoms with van der Waals surface area (Å²) in [5.74, 6) is -1.61. The molecule has 1 N–H and O–H groups in total. The Hall–Kier alpha value is -0.530. The molecule has 0 bridgehead atoms. The van der Waals surface area contributed by atoms with Crippen LogP contribution in [-0.4, -0.2) is 14.5 Å². The van der Waals surface area contributed by atoms with E-state index < -0.39 is 26.6 Å². The van der Waals surface area contributed by atoms with E-state index >= 15 is 0 Å². The molecule has 1 saturated carbocycles. The van der Waals surface area contributed by atoms with Crippen molar-refractivity contribution < 1.29 is 17.2 Å². The molecule has 1 aliphatic rings. The number of hydrogen-bond acceptors (Lipinski definition) is 2. The first-order valence-electron chi connectivity index (χ1n) is 5.52. The van der Waals surface area contributed by atoms with E-state index in [1.807, 2.05) is 6.92 Å². The highest BCUT2D eigenvalue weighted by atomic mass is 79.9. The van der Waals surface area contributed by atoms with Crippen LogP contribution in [0.2, 0.25) is 0 Å². The number of benzene rings is 1. The Kier molecular flexibility index (Phi) is 3.75. The lowest BCUT2D eigenvalue weighted by molar-refractivity contribution is 0.538. The van der Waals surface area contributed by atoms with Crippen LogP contribution in [0.1, 0.15) is 19.8 Å². The average Bonchev–Trinajstić information content (AvgIpc) is 2.92. The Bertz CT molecular complexity index is 553. The molecule has 0 saturated heterocycles. The van der Waals surface area contributed by atoms with E-state index in [4.69, 9.17) is 0 Å². The first kappa shape index (κ1) is 13.9. The van der Waals surface area contributed by atoms with Crippen molar-refractivity contribution in [2.45, 2.75) is 30.7 Å². The summed E-state index contributed by atoms with van der Waals surface area (Å²) in [4.78, 5) is -0.536. The second kappa shape index (κ2) is 4.86. The van der Waals surface area contributed by atoms with Crippen molar-refractivity contribution in [2.75, 3.05) is 0 Å². The van der Waals surface area contributed by atoms with Gasteiger partial charge in [-0.15, -0.1) is 0 Å².